The minimum Gasteiger partial charge on any atom is -0.380 e. The number of benzene rings is 1. The Kier molecular flexibility index (Phi) is 7.14. The molecule has 0 heterocycles. The molecule has 1 amide bonds. The molecule has 0 saturated heterocycles. The van der Waals surface area contributed by atoms with Gasteiger partial charge in [-0.25, -0.2) is 8.42 Å². The van der Waals surface area contributed by atoms with Gasteiger partial charge in [0.05, 0.1) is 11.5 Å². The third kappa shape index (κ3) is 6.93. The van der Waals surface area contributed by atoms with Crippen LogP contribution in [0.1, 0.15) is 25.8 Å². The van der Waals surface area contributed by atoms with Gasteiger partial charge in [0, 0.05) is 29.8 Å². The average molecular weight is 334 g/mol. The van der Waals surface area contributed by atoms with Crippen molar-refractivity contribution in [3.8, 4) is 0 Å². The minimum atomic E-state index is -3.70. The van der Waals surface area contributed by atoms with Crippen LogP contribution in [-0.2, 0) is 25.0 Å². The van der Waals surface area contributed by atoms with Crippen LogP contribution in [0, 0.1) is 0 Å². The number of halogens is 1. The topological polar surface area (TPSA) is 72.5 Å². The lowest BCUT2D eigenvalue weighted by molar-refractivity contribution is -0.122. The molecule has 0 fully saturated rings. The zero-order valence-corrected chi connectivity index (χ0v) is 13.7. The van der Waals surface area contributed by atoms with Crippen LogP contribution in [0.15, 0.2) is 29.2 Å². The summed E-state index contributed by atoms with van der Waals surface area (Å²) in [6, 6.07) is 6.17. The number of nitrogens with one attached hydrogen (secondary N) is 1. The number of aryl methyl sites for hydroxylation is 1. The Balaban J connectivity index is 2.43. The van der Waals surface area contributed by atoms with Gasteiger partial charge in [0.25, 0.3) is 9.05 Å². The molecule has 1 atom stereocenters. The Morgan fingerprint density at radius 3 is 2.48 bits per heavy atom. The minimum absolute atomic E-state index is 0.0267. The maximum Gasteiger partial charge on any atom is 0.261 e. The highest BCUT2D eigenvalue weighted by Gasteiger charge is 2.10. The van der Waals surface area contributed by atoms with Crippen LogP contribution in [-0.4, -0.2) is 33.6 Å². The molecule has 0 radical (unpaired) electrons. The van der Waals surface area contributed by atoms with E-state index >= 15 is 0 Å². The summed E-state index contributed by atoms with van der Waals surface area (Å²) in [6.45, 7) is 4.90. The molecule has 0 spiro atoms. The first kappa shape index (κ1) is 17.9. The second-order valence-corrected chi connectivity index (χ2v) is 7.28. The van der Waals surface area contributed by atoms with Crippen molar-refractivity contribution in [2.24, 2.45) is 0 Å². The van der Waals surface area contributed by atoms with Gasteiger partial charge in [-0.1, -0.05) is 12.1 Å². The number of amides is 1. The molecule has 21 heavy (non-hydrogen) atoms. The summed E-state index contributed by atoms with van der Waals surface area (Å²) in [7, 11) is 1.54. The number of hydrogen-bond acceptors (Lipinski definition) is 4. The van der Waals surface area contributed by atoms with Gasteiger partial charge in [0.1, 0.15) is 0 Å². The summed E-state index contributed by atoms with van der Waals surface area (Å²) < 4.78 is 27.4. The van der Waals surface area contributed by atoms with Crippen molar-refractivity contribution in [3.05, 3.63) is 29.8 Å². The molecule has 0 bridgehead atoms. The first-order valence-corrected chi connectivity index (χ1v) is 9.04. The highest BCUT2D eigenvalue weighted by Crippen LogP contribution is 2.15. The Labute approximate surface area is 130 Å². The van der Waals surface area contributed by atoms with Gasteiger partial charge < -0.3 is 10.1 Å². The van der Waals surface area contributed by atoms with Crippen molar-refractivity contribution < 1.29 is 17.9 Å². The Hall–Kier alpha value is -1.11. The van der Waals surface area contributed by atoms with Crippen molar-refractivity contribution in [2.45, 2.75) is 37.6 Å². The fourth-order valence-electron chi connectivity index (χ4n) is 1.76. The lowest BCUT2D eigenvalue weighted by Crippen LogP contribution is -2.36. The van der Waals surface area contributed by atoms with Gasteiger partial charge in [-0.2, -0.15) is 0 Å². The van der Waals surface area contributed by atoms with Crippen LogP contribution in [0.3, 0.4) is 0 Å². The van der Waals surface area contributed by atoms with E-state index in [0.717, 1.165) is 5.56 Å². The Bertz CT molecular complexity index is 557. The van der Waals surface area contributed by atoms with Crippen molar-refractivity contribution in [1.82, 2.24) is 5.32 Å². The molecule has 0 aromatic heterocycles. The Morgan fingerprint density at radius 1 is 1.33 bits per heavy atom. The number of carbonyl (C=O) groups is 1. The molecule has 0 saturated carbocycles. The van der Waals surface area contributed by atoms with E-state index in [1.807, 2.05) is 13.8 Å². The largest absolute Gasteiger partial charge is 0.380 e. The summed E-state index contributed by atoms with van der Waals surface area (Å²) >= 11 is 0. The molecule has 0 aliphatic rings. The van der Waals surface area contributed by atoms with Crippen molar-refractivity contribution in [3.63, 3.8) is 0 Å². The van der Waals surface area contributed by atoms with Gasteiger partial charge in [0.2, 0.25) is 5.91 Å². The summed E-state index contributed by atoms with van der Waals surface area (Å²) in [5, 5.41) is 2.84. The standard InChI is InChI=1S/C14H20ClNO4S/c1-3-20-10-11(2)16-14(17)9-6-12-4-7-13(8-5-12)21(15,18)19/h4-5,7-8,11H,3,6,9-10H2,1-2H3,(H,16,17). The normalized spacial score (nSPS) is 12.9. The molecule has 118 valence electrons. The molecule has 0 aliphatic heterocycles. The molecule has 1 rings (SSSR count). The second kappa shape index (κ2) is 8.36. The van der Waals surface area contributed by atoms with Crippen LogP contribution in [0.2, 0.25) is 0 Å². The van der Waals surface area contributed by atoms with E-state index in [2.05, 4.69) is 5.32 Å². The fourth-order valence-corrected chi connectivity index (χ4v) is 2.53. The number of rotatable bonds is 8. The quantitative estimate of drug-likeness (QED) is 0.739. The van der Waals surface area contributed by atoms with Crippen molar-refractivity contribution in [1.29, 1.82) is 0 Å². The third-order valence-electron chi connectivity index (χ3n) is 2.82. The highest BCUT2D eigenvalue weighted by molar-refractivity contribution is 8.13. The SMILES string of the molecule is CCOCC(C)NC(=O)CCc1ccc(S(=O)(=O)Cl)cc1. The van der Waals surface area contributed by atoms with Gasteiger partial charge in [0.15, 0.2) is 0 Å². The van der Waals surface area contributed by atoms with Crippen LogP contribution in [0.25, 0.3) is 0 Å². The molecule has 0 aliphatic carbocycles. The van der Waals surface area contributed by atoms with Crippen LogP contribution in [0.5, 0.6) is 0 Å². The summed E-state index contributed by atoms with van der Waals surface area (Å²) in [4.78, 5) is 11.8. The second-order valence-electron chi connectivity index (χ2n) is 4.71. The van der Waals surface area contributed by atoms with E-state index in [4.69, 9.17) is 15.4 Å². The zero-order chi connectivity index (χ0) is 15.9. The fraction of sp³-hybridized carbons (Fsp3) is 0.500. The lowest BCUT2D eigenvalue weighted by Gasteiger charge is -2.13. The van der Waals surface area contributed by atoms with Crippen molar-refractivity contribution in [2.75, 3.05) is 13.2 Å². The van der Waals surface area contributed by atoms with E-state index in [1.54, 1.807) is 12.1 Å². The monoisotopic (exact) mass is 333 g/mol. The van der Waals surface area contributed by atoms with Crippen LogP contribution >= 0.6 is 10.7 Å². The number of ether oxygens (including phenoxy) is 1. The third-order valence-corrected chi connectivity index (χ3v) is 4.19. The van der Waals surface area contributed by atoms with E-state index in [0.29, 0.717) is 26.1 Å². The molecule has 1 unspecified atom stereocenters. The lowest BCUT2D eigenvalue weighted by atomic mass is 10.1. The van der Waals surface area contributed by atoms with Gasteiger partial charge in [-0.15, -0.1) is 0 Å². The van der Waals surface area contributed by atoms with E-state index in [9.17, 15) is 13.2 Å². The average Bonchev–Trinajstić information content (AvgIpc) is 2.42. The molecule has 5 nitrogen and oxygen atoms in total. The van der Waals surface area contributed by atoms with Gasteiger partial charge in [-0.05, 0) is 38.0 Å². The first-order valence-electron chi connectivity index (χ1n) is 6.73. The summed E-state index contributed by atoms with van der Waals surface area (Å²) in [5.74, 6) is -0.0590. The highest BCUT2D eigenvalue weighted by atomic mass is 35.7. The molecule has 1 aromatic rings. The molecular formula is C14H20ClNO4S. The predicted octanol–water partition coefficient (Wildman–Crippen LogP) is 2.09. The predicted molar refractivity (Wildman–Crippen MR) is 81.9 cm³/mol. The summed E-state index contributed by atoms with van der Waals surface area (Å²) in [5.41, 5.74) is 0.881. The molecule has 7 heteroatoms. The van der Waals surface area contributed by atoms with Crippen LogP contribution in [0.4, 0.5) is 0 Å². The van der Waals surface area contributed by atoms with Crippen molar-refractivity contribution >= 4 is 25.6 Å². The molecular weight excluding hydrogens is 314 g/mol. The Morgan fingerprint density at radius 2 is 1.95 bits per heavy atom. The molecule has 1 aromatic carbocycles. The maximum absolute atomic E-state index is 11.7. The zero-order valence-electron chi connectivity index (χ0n) is 12.1. The number of hydrogen-bond donors (Lipinski definition) is 1. The molecule has 1 N–H and O–H groups in total. The van der Waals surface area contributed by atoms with Gasteiger partial charge in [-0.3, -0.25) is 4.79 Å². The van der Waals surface area contributed by atoms with E-state index < -0.39 is 9.05 Å². The number of carbonyl (C=O) groups excluding carboxylic acids is 1. The van der Waals surface area contributed by atoms with Gasteiger partial charge >= 0.3 is 0 Å². The summed E-state index contributed by atoms with van der Waals surface area (Å²) in [6.07, 6.45) is 0.874. The van der Waals surface area contributed by atoms with E-state index in [1.165, 1.54) is 12.1 Å². The maximum atomic E-state index is 11.7. The first-order chi connectivity index (χ1) is 9.82. The smallest absolute Gasteiger partial charge is 0.261 e. The van der Waals surface area contributed by atoms with E-state index in [-0.39, 0.29) is 16.8 Å². The van der Waals surface area contributed by atoms with Crippen LogP contribution < -0.4 is 5.32 Å².